The summed E-state index contributed by atoms with van der Waals surface area (Å²) in [6.45, 7) is 4.53. The predicted octanol–water partition coefficient (Wildman–Crippen LogP) is 5.98. The van der Waals surface area contributed by atoms with Crippen LogP contribution >= 0.6 is 0 Å². The van der Waals surface area contributed by atoms with E-state index in [0.29, 0.717) is 19.4 Å². The third kappa shape index (κ3) is 16.5. The van der Waals surface area contributed by atoms with Crippen LogP contribution in [-0.4, -0.2) is 18.1 Å². The first kappa shape index (κ1) is 24.3. The monoisotopic (exact) mass is 353 g/mol. The molecule has 1 unspecified atom stereocenters. The smallest absolute Gasteiger partial charge is 0.133 e. The molecule has 0 saturated heterocycles. The summed E-state index contributed by atoms with van der Waals surface area (Å²) < 4.78 is 0. The minimum absolute atomic E-state index is 0.0771. The number of rotatable bonds is 19. The second-order valence-electron chi connectivity index (χ2n) is 7.62. The maximum atomic E-state index is 12.1. The van der Waals surface area contributed by atoms with E-state index in [1.165, 1.54) is 57.8 Å². The summed E-state index contributed by atoms with van der Waals surface area (Å²) in [4.78, 5) is 23.7. The van der Waals surface area contributed by atoms with Crippen molar-refractivity contribution >= 4 is 11.6 Å². The van der Waals surface area contributed by atoms with E-state index in [-0.39, 0.29) is 17.5 Å². The van der Waals surface area contributed by atoms with E-state index in [1.54, 1.807) is 6.92 Å². The maximum Gasteiger partial charge on any atom is 0.133 e. The third-order valence-electron chi connectivity index (χ3n) is 5.11. The Morgan fingerprint density at radius 3 is 1.76 bits per heavy atom. The van der Waals surface area contributed by atoms with Gasteiger partial charge in [-0.3, -0.25) is 9.59 Å². The van der Waals surface area contributed by atoms with Crippen LogP contribution in [0.2, 0.25) is 0 Å². The predicted molar refractivity (Wildman–Crippen MR) is 108 cm³/mol. The number of carbonyl (C=O) groups excluding carboxylic acids is 2. The van der Waals surface area contributed by atoms with Gasteiger partial charge in [0.05, 0.1) is 0 Å². The van der Waals surface area contributed by atoms with E-state index in [9.17, 15) is 9.59 Å². The van der Waals surface area contributed by atoms with Crippen LogP contribution in [0.4, 0.5) is 0 Å². The van der Waals surface area contributed by atoms with Crippen molar-refractivity contribution in [2.75, 3.05) is 6.54 Å². The fourth-order valence-corrected chi connectivity index (χ4v) is 3.35. The Morgan fingerprint density at radius 1 is 0.760 bits per heavy atom. The molecule has 0 heterocycles. The Labute approximate surface area is 156 Å². The molecular weight excluding hydrogens is 310 g/mol. The van der Waals surface area contributed by atoms with Gasteiger partial charge >= 0.3 is 0 Å². The molecule has 0 saturated carbocycles. The van der Waals surface area contributed by atoms with Crippen molar-refractivity contribution in [3.8, 4) is 0 Å². The van der Waals surface area contributed by atoms with Crippen LogP contribution < -0.4 is 5.73 Å². The topological polar surface area (TPSA) is 60.2 Å². The minimum Gasteiger partial charge on any atom is -0.330 e. The Bertz CT molecular complexity index is 328. The SMILES string of the molecule is CCCCCCCCCCCCCC(=O)CC(CCCCN)C(C)=O. The molecule has 0 aromatic carbocycles. The third-order valence-corrected chi connectivity index (χ3v) is 5.11. The zero-order valence-corrected chi connectivity index (χ0v) is 17.0. The van der Waals surface area contributed by atoms with Gasteiger partial charge in [0.2, 0.25) is 0 Å². The molecule has 2 N–H and O–H groups in total. The van der Waals surface area contributed by atoms with Crippen LogP contribution in [0, 0.1) is 5.92 Å². The van der Waals surface area contributed by atoms with Gasteiger partial charge in [0.25, 0.3) is 0 Å². The van der Waals surface area contributed by atoms with Crippen LogP contribution in [0.5, 0.6) is 0 Å². The van der Waals surface area contributed by atoms with Gasteiger partial charge in [-0.25, -0.2) is 0 Å². The Balaban J connectivity index is 3.54. The number of hydrogen-bond donors (Lipinski definition) is 1. The summed E-state index contributed by atoms with van der Waals surface area (Å²) in [5.41, 5.74) is 5.49. The summed E-state index contributed by atoms with van der Waals surface area (Å²) in [7, 11) is 0. The molecular formula is C22H43NO2. The van der Waals surface area contributed by atoms with E-state index >= 15 is 0 Å². The van der Waals surface area contributed by atoms with Crippen molar-refractivity contribution < 1.29 is 9.59 Å². The van der Waals surface area contributed by atoms with Crippen molar-refractivity contribution in [1.29, 1.82) is 0 Å². The Morgan fingerprint density at radius 2 is 1.28 bits per heavy atom. The molecule has 0 radical (unpaired) electrons. The standard InChI is InChI=1S/C22H43NO2/c1-3-4-5-6-7-8-9-10-11-12-13-17-22(25)19-21(20(2)24)16-14-15-18-23/h21H,3-19,23H2,1-2H3. The molecule has 0 rings (SSSR count). The first-order chi connectivity index (χ1) is 12.1. The quantitative estimate of drug-likeness (QED) is 0.290. The lowest BCUT2D eigenvalue weighted by molar-refractivity contribution is -0.127. The molecule has 3 nitrogen and oxygen atoms in total. The van der Waals surface area contributed by atoms with E-state index in [4.69, 9.17) is 5.73 Å². The second kappa shape index (κ2) is 18.1. The van der Waals surface area contributed by atoms with Gasteiger partial charge in [-0.2, -0.15) is 0 Å². The van der Waals surface area contributed by atoms with Crippen molar-refractivity contribution in [3.05, 3.63) is 0 Å². The average molecular weight is 354 g/mol. The van der Waals surface area contributed by atoms with Crippen molar-refractivity contribution in [2.45, 2.75) is 117 Å². The van der Waals surface area contributed by atoms with E-state index in [0.717, 1.165) is 32.1 Å². The molecule has 0 bridgehead atoms. The largest absolute Gasteiger partial charge is 0.330 e. The van der Waals surface area contributed by atoms with Crippen LogP contribution in [0.3, 0.4) is 0 Å². The summed E-state index contributed by atoms with van der Waals surface area (Å²) in [6.07, 6.45) is 18.1. The molecule has 3 heteroatoms. The van der Waals surface area contributed by atoms with Gasteiger partial charge in [-0.15, -0.1) is 0 Å². The van der Waals surface area contributed by atoms with Crippen molar-refractivity contribution in [1.82, 2.24) is 0 Å². The molecule has 0 amide bonds. The van der Waals surface area contributed by atoms with Gasteiger partial charge in [0.15, 0.2) is 0 Å². The molecule has 0 aliphatic carbocycles. The van der Waals surface area contributed by atoms with E-state index < -0.39 is 0 Å². The molecule has 148 valence electrons. The zero-order chi connectivity index (χ0) is 18.8. The molecule has 0 aromatic heterocycles. The fraction of sp³-hybridized carbons (Fsp3) is 0.909. The summed E-state index contributed by atoms with van der Waals surface area (Å²) in [5.74, 6) is 0.347. The lowest BCUT2D eigenvalue weighted by Gasteiger charge is -2.12. The van der Waals surface area contributed by atoms with Gasteiger partial charge in [-0.1, -0.05) is 77.6 Å². The average Bonchev–Trinajstić information content (AvgIpc) is 2.58. The summed E-state index contributed by atoms with van der Waals surface area (Å²) in [6, 6.07) is 0. The highest BCUT2D eigenvalue weighted by Crippen LogP contribution is 2.17. The zero-order valence-electron chi connectivity index (χ0n) is 17.0. The molecule has 0 aliphatic heterocycles. The van der Waals surface area contributed by atoms with Crippen LogP contribution in [0.15, 0.2) is 0 Å². The number of Topliss-reactive ketones (excluding diaryl/α,β-unsaturated/α-hetero) is 2. The van der Waals surface area contributed by atoms with Crippen molar-refractivity contribution in [3.63, 3.8) is 0 Å². The highest BCUT2D eigenvalue weighted by Gasteiger charge is 2.17. The van der Waals surface area contributed by atoms with Gasteiger partial charge < -0.3 is 5.73 Å². The van der Waals surface area contributed by atoms with Gasteiger partial charge in [0, 0.05) is 18.8 Å². The Hall–Kier alpha value is -0.700. The van der Waals surface area contributed by atoms with Gasteiger partial charge in [-0.05, 0) is 32.7 Å². The van der Waals surface area contributed by atoms with Crippen LogP contribution in [-0.2, 0) is 9.59 Å². The number of ketones is 2. The highest BCUT2D eigenvalue weighted by molar-refractivity contribution is 5.86. The van der Waals surface area contributed by atoms with Crippen molar-refractivity contribution in [2.24, 2.45) is 11.7 Å². The van der Waals surface area contributed by atoms with Crippen LogP contribution in [0.1, 0.15) is 117 Å². The highest BCUT2D eigenvalue weighted by atomic mass is 16.1. The number of nitrogens with two attached hydrogens (primary N) is 1. The molecule has 0 aliphatic rings. The normalized spacial score (nSPS) is 12.3. The van der Waals surface area contributed by atoms with E-state index in [1.807, 2.05) is 0 Å². The second-order valence-corrected chi connectivity index (χ2v) is 7.62. The first-order valence-electron chi connectivity index (χ1n) is 10.8. The summed E-state index contributed by atoms with van der Waals surface area (Å²) >= 11 is 0. The lowest BCUT2D eigenvalue weighted by Crippen LogP contribution is -2.16. The molecule has 0 fully saturated rings. The maximum absolute atomic E-state index is 12.1. The minimum atomic E-state index is -0.0771. The Kier molecular flexibility index (Phi) is 17.6. The summed E-state index contributed by atoms with van der Waals surface area (Å²) in [5, 5.41) is 0. The molecule has 25 heavy (non-hydrogen) atoms. The first-order valence-corrected chi connectivity index (χ1v) is 10.8. The molecule has 0 aromatic rings. The number of unbranched alkanes of at least 4 members (excludes halogenated alkanes) is 11. The van der Waals surface area contributed by atoms with Crippen LogP contribution in [0.25, 0.3) is 0 Å². The number of hydrogen-bond acceptors (Lipinski definition) is 3. The number of carbonyl (C=O) groups is 2. The van der Waals surface area contributed by atoms with Gasteiger partial charge in [0.1, 0.15) is 11.6 Å². The molecule has 1 atom stereocenters. The lowest BCUT2D eigenvalue weighted by atomic mass is 9.91. The molecule has 0 spiro atoms. The fourth-order valence-electron chi connectivity index (χ4n) is 3.35. The van der Waals surface area contributed by atoms with E-state index in [2.05, 4.69) is 6.92 Å².